The monoisotopic (exact) mass is 303 g/mol. The summed E-state index contributed by atoms with van der Waals surface area (Å²) in [5, 5.41) is 12.2. The fraction of sp³-hybridized carbons (Fsp3) is 0.400. The number of aliphatic carboxylic acids is 1. The van der Waals surface area contributed by atoms with Gasteiger partial charge in [0.25, 0.3) is 0 Å². The summed E-state index contributed by atoms with van der Waals surface area (Å²) in [4.78, 5) is 22.2. The van der Waals surface area contributed by atoms with Crippen molar-refractivity contribution < 1.29 is 9.90 Å². The van der Waals surface area contributed by atoms with Crippen molar-refractivity contribution in [2.45, 2.75) is 19.4 Å². The third-order valence-corrected chi connectivity index (χ3v) is 4.53. The summed E-state index contributed by atoms with van der Waals surface area (Å²) in [6.07, 6.45) is 3.48. The van der Waals surface area contributed by atoms with Crippen molar-refractivity contribution in [3.63, 3.8) is 0 Å². The van der Waals surface area contributed by atoms with Crippen LogP contribution in [0.1, 0.15) is 17.8 Å². The number of thiazole rings is 1. The highest BCUT2D eigenvalue weighted by Gasteiger charge is 2.25. The number of rotatable bonds is 4. The lowest BCUT2D eigenvalue weighted by Crippen LogP contribution is -2.38. The highest BCUT2D eigenvalue weighted by Crippen LogP contribution is 2.23. The van der Waals surface area contributed by atoms with E-state index in [9.17, 15) is 4.79 Å². The van der Waals surface area contributed by atoms with Crippen molar-refractivity contribution >= 4 is 17.3 Å². The summed E-state index contributed by atoms with van der Waals surface area (Å²) in [7, 11) is 0. The maximum atomic E-state index is 11.1. The van der Waals surface area contributed by atoms with E-state index >= 15 is 0 Å². The molecule has 5 nitrogen and oxygen atoms in total. The molecule has 2 aromatic rings. The third-order valence-electron chi connectivity index (χ3n) is 3.69. The van der Waals surface area contributed by atoms with Crippen LogP contribution < -0.4 is 0 Å². The molecule has 0 amide bonds. The minimum atomic E-state index is -0.687. The maximum Gasteiger partial charge on any atom is 0.307 e. The Balaban J connectivity index is 1.66. The second-order valence-corrected chi connectivity index (χ2v) is 6.20. The van der Waals surface area contributed by atoms with Crippen LogP contribution in [0.15, 0.2) is 29.8 Å². The first-order valence-electron chi connectivity index (χ1n) is 7.03. The molecule has 1 atom stereocenters. The second kappa shape index (κ2) is 6.32. The van der Waals surface area contributed by atoms with Gasteiger partial charge in [0.15, 0.2) is 0 Å². The summed E-state index contributed by atoms with van der Waals surface area (Å²) in [5.41, 5.74) is 1.77. The number of carboxylic acids is 1. The van der Waals surface area contributed by atoms with Crippen molar-refractivity contribution in [2.75, 3.05) is 13.1 Å². The van der Waals surface area contributed by atoms with Crippen molar-refractivity contribution in [1.82, 2.24) is 14.9 Å². The fourth-order valence-corrected chi connectivity index (χ4v) is 3.44. The average molecular weight is 303 g/mol. The van der Waals surface area contributed by atoms with Gasteiger partial charge in [-0.15, -0.1) is 11.3 Å². The van der Waals surface area contributed by atoms with Crippen molar-refractivity contribution in [3.8, 4) is 11.4 Å². The number of nitrogens with zero attached hydrogens (tertiary/aromatic N) is 3. The maximum absolute atomic E-state index is 11.1. The highest BCUT2D eigenvalue weighted by atomic mass is 32.1. The first-order chi connectivity index (χ1) is 10.2. The number of pyridine rings is 1. The van der Waals surface area contributed by atoms with Crippen LogP contribution in [0.5, 0.6) is 0 Å². The molecule has 0 aliphatic carbocycles. The molecular weight excluding hydrogens is 286 g/mol. The molecule has 2 aromatic heterocycles. The Morgan fingerprint density at radius 2 is 2.33 bits per heavy atom. The zero-order chi connectivity index (χ0) is 14.7. The van der Waals surface area contributed by atoms with Crippen LogP contribution in [0, 0.1) is 5.92 Å². The van der Waals surface area contributed by atoms with Crippen LogP contribution >= 0.6 is 11.3 Å². The zero-order valence-electron chi connectivity index (χ0n) is 11.6. The SMILES string of the molecule is O=C(O)C1CCCN(Cc2nc(-c3ccccn3)cs2)C1. The van der Waals surface area contributed by atoms with Crippen molar-refractivity contribution in [1.29, 1.82) is 0 Å². The minimum Gasteiger partial charge on any atom is -0.481 e. The summed E-state index contributed by atoms with van der Waals surface area (Å²) in [5.74, 6) is -0.929. The van der Waals surface area contributed by atoms with E-state index in [2.05, 4.69) is 14.9 Å². The third kappa shape index (κ3) is 3.46. The number of carbonyl (C=O) groups is 1. The smallest absolute Gasteiger partial charge is 0.307 e. The standard InChI is InChI=1S/C15H17N3O2S/c19-15(20)11-4-3-7-18(8-11)9-14-17-13(10-21-14)12-5-1-2-6-16-12/h1-2,5-6,10-11H,3-4,7-9H2,(H,19,20). The van der Waals surface area contributed by atoms with Gasteiger partial charge in [-0.3, -0.25) is 14.7 Å². The highest BCUT2D eigenvalue weighted by molar-refractivity contribution is 7.09. The number of likely N-dealkylation sites (tertiary alicyclic amines) is 1. The molecule has 1 saturated heterocycles. The number of carboxylic acid groups (broad SMARTS) is 1. The topological polar surface area (TPSA) is 66.3 Å². The Morgan fingerprint density at radius 3 is 3.10 bits per heavy atom. The Labute approximate surface area is 127 Å². The average Bonchev–Trinajstić information content (AvgIpc) is 2.97. The Kier molecular flexibility index (Phi) is 4.26. The van der Waals surface area contributed by atoms with Gasteiger partial charge in [-0.25, -0.2) is 4.98 Å². The number of hydrogen-bond donors (Lipinski definition) is 1. The lowest BCUT2D eigenvalue weighted by molar-refractivity contribution is -0.143. The van der Waals surface area contributed by atoms with Crippen LogP contribution in [-0.2, 0) is 11.3 Å². The molecule has 1 fully saturated rings. The van der Waals surface area contributed by atoms with E-state index in [1.807, 2.05) is 23.6 Å². The van der Waals surface area contributed by atoms with Crippen LogP contribution in [0.2, 0.25) is 0 Å². The van der Waals surface area contributed by atoms with Crippen LogP contribution in [0.4, 0.5) is 0 Å². The van der Waals surface area contributed by atoms with Gasteiger partial charge < -0.3 is 5.11 Å². The number of piperidine rings is 1. The van der Waals surface area contributed by atoms with Gasteiger partial charge in [0.05, 0.1) is 23.9 Å². The quantitative estimate of drug-likeness (QED) is 0.940. The van der Waals surface area contributed by atoms with E-state index in [1.165, 1.54) is 0 Å². The lowest BCUT2D eigenvalue weighted by Gasteiger charge is -2.29. The molecule has 3 rings (SSSR count). The molecule has 6 heteroatoms. The fourth-order valence-electron chi connectivity index (χ4n) is 2.61. The largest absolute Gasteiger partial charge is 0.481 e. The normalized spacial score (nSPS) is 19.5. The molecule has 1 N–H and O–H groups in total. The van der Waals surface area contributed by atoms with Gasteiger partial charge in [0.1, 0.15) is 5.01 Å². The second-order valence-electron chi connectivity index (χ2n) is 5.25. The van der Waals surface area contributed by atoms with Gasteiger partial charge >= 0.3 is 5.97 Å². The Hall–Kier alpha value is -1.79. The van der Waals surface area contributed by atoms with Gasteiger partial charge in [-0.2, -0.15) is 0 Å². The molecule has 1 aliphatic heterocycles. The predicted octanol–water partition coefficient (Wildman–Crippen LogP) is 2.50. The molecule has 0 saturated carbocycles. The van der Waals surface area contributed by atoms with Gasteiger partial charge in [0.2, 0.25) is 0 Å². The Morgan fingerprint density at radius 1 is 1.43 bits per heavy atom. The van der Waals surface area contributed by atoms with Crippen LogP contribution in [-0.4, -0.2) is 39.0 Å². The molecule has 3 heterocycles. The van der Waals surface area contributed by atoms with Crippen molar-refractivity contribution in [2.24, 2.45) is 5.92 Å². The van der Waals surface area contributed by atoms with Gasteiger partial charge in [0, 0.05) is 18.1 Å². The van der Waals surface area contributed by atoms with E-state index in [-0.39, 0.29) is 5.92 Å². The predicted molar refractivity (Wildman–Crippen MR) is 81.0 cm³/mol. The first kappa shape index (κ1) is 14.2. The summed E-state index contributed by atoms with van der Waals surface area (Å²) >= 11 is 1.61. The van der Waals surface area contributed by atoms with E-state index in [1.54, 1.807) is 17.5 Å². The minimum absolute atomic E-state index is 0.242. The molecule has 0 aromatic carbocycles. The molecule has 0 radical (unpaired) electrons. The molecule has 0 bridgehead atoms. The van der Waals surface area contributed by atoms with E-state index in [0.717, 1.165) is 42.3 Å². The molecule has 21 heavy (non-hydrogen) atoms. The molecule has 110 valence electrons. The van der Waals surface area contributed by atoms with Gasteiger partial charge in [-0.1, -0.05) is 6.07 Å². The number of aromatic nitrogens is 2. The zero-order valence-corrected chi connectivity index (χ0v) is 12.4. The van der Waals surface area contributed by atoms with Gasteiger partial charge in [-0.05, 0) is 31.5 Å². The first-order valence-corrected chi connectivity index (χ1v) is 7.91. The van der Waals surface area contributed by atoms with E-state index in [0.29, 0.717) is 6.54 Å². The van der Waals surface area contributed by atoms with E-state index < -0.39 is 5.97 Å². The van der Waals surface area contributed by atoms with Crippen LogP contribution in [0.3, 0.4) is 0 Å². The van der Waals surface area contributed by atoms with E-state index in [4.69, 9.17) is 5.11 Å². The molecule has 0 spiro atoms. The summed E-state index contributed by atoms with van der Waals surface area (Å²) in [6, 6.07) is 5.78. The van der Waals surface area contributed by atoms with Crippen LogP contribution in [0.25, 0.3) is 11.4 Å². The van der Waals surface area contributed by atoms with Crippen molar-refractivity contribution in [3.05, 3.63) is 34.8 Å². The summed E-state index contributed by atoms with van der Waals surface area (Å²) < 4.78 is 0. The number of hydrogen-bond acceptors (Lipinski definition) is 5. The molecule has 1 unspecified atom stereocenters. The lowest BCUT2D eigenvalue weighted by atomic mass is 9.98. The summed E-state index contributed by atoms with van der Waals surface area (Å²) in [6.45, 7) is 2.29. The molecule has 1 aliphatic rings. The molecular formula is C15H17N3O2S. The Bertz CT molecular complexity index is 614.